The van der Waals surface area contributed by atoms with Gasteiger partial charge in [-0.15, -0.1) is 0 Å². The topological polar surface area (TPSA) is 79.5 Å². The van der Waals surface area contributed by atoms with Gasteiger partial charge in [0.15, 0.2) is 0 Å². The van der Waals surface area contributed by atoms with E-state index in [0.717, 1.165) is 19.3 Å². The van der Waals surface area contributed by atoms with Crippen LogP contribution in [-0.2, 0) is 16.6 Å². The number of aryl methyl sites for hydroxylation is 2. The highest BCUT2D eigenvalue weighted by Gasteiger charge is 2.34. The Labute approximate surface area is 114 Å². The SMILES string of the molecule is Cc1oc(C)c(S(=O)(=O)NCC2(C)CCC2)c1CO. The summed E-state index contributed by atoms with van der Waals surface area (Å²) in [6.45, 7) is 5.44. The molecule has 6 heteroatoms. The molecular formula is C13H21NO4S. The fourth-order valence-electron chi connectivity index (χ4n) is 2.54. The minimum Gasteiger partial charge on any atom is -0.465 e. The van der Waals surface area contributed by atoms with Crippen molar-refractivity contribution in [1.29, 1.82) is 0 Å². The minimum absolute atomic E-state index is 0.0686. The number of aliphatic hydroxyl groups is 1. The summed E-state index contributed by atoms with van der Waals surface area (Å²) in [7, 11) is -3.63. The van der Waals surface area contributed by atoms with Gasteiger partial charge in [0.05, 0.1) is 6.61 Å². The molecule has 1 aromatic heterocycles. The van der Waals surface area contributed by atoms with Crippen LogP contribution in [0.4, 0.5) is 0 Å². The Morgan fingerprint density at radius 3 is 2.42 bits per heavy atom. The van der Waals surface area contributed by atoms with Crippen LogP contribution in [0.2, 0.25) is 0 Å². The fraction of sp³-hybridized carbons (Fsp3) is 0.692. The molecule has 1 fully saturated rings. The van der Waals surface area contributed by atoms with Crippen molar-refractivity contribution in [2.45, 2.75) is 51.5 Å². The summed E-state index contributed by atoms with van der Waals surface area (Å²) in [5.41, 5.74) is 0.419. The normalized spacial score (nSPS) is 18.3. The molecule has 19 heavy (non-hydrogen) atoms. The van der Waals surface area contributed by atoms with E-state index >= 15 is 0 Å². The Kier molecular flexibility index (Phi) is 3.77. The predicted molar refractivity (Wildman–Crippen MR) is 71.3 cm³/mol. The van der Waals surface area contributed by atoms with Crippen LogP contribution in [0.15, 0.2) is 9.31 Å². The van der Waals surface area contributed by atoms with Crippen molar-refractivity contribution in [3.05, 3.63) is 17.1 Å². The van der Waals surface area contributed by atoms with Gasteiger partial charge >= 0.3 is 0 Å². The molecule has 1 aromatic rings. The van der Waals surface area contributed by atoms with Crippen molar-refractivity contribution in [3.8, 4) is 0 Å². The lowest BCUT2D eigenvalue weighted by molar-refractivity contribution is 0.166. The predicted octanol–water partition coefficient (Wildman–Crippen LogP) is 1.86. The van der Waals surface area contributed by atoms with E-state index in [-0.39, 0.29) is 16.9 Å². The third-order valence-corrected chi connectivity index (χ3v) is 5.60. The lowest BCUT2D eigenvalue weighted by Crippen LogP contribution is -2.40. The summed E-state index contributed by atoms with van der Waals surface area (Å²) in [5, 5.41) is 9.31. The maximum absolute atomic E-state index is 12.4. The van der Waals surface area contributed by atoms with Gasteiger partial charge < -0.3 is 9.52 Å². The average Bonchev–Trinajstić information content (AvgIpc) is 2.59. The molecule has 0 saturated heterocycles. The van der Waals surface area contributed by atoms with Crippen molar-refractivity contribution in [3.63, 3.8) is 0 Å². The molecule has 0 spiro atoms. The number of furan rings is 1. The summed E-state index contributed by atoms with van der Waals surface area (Å²) in [5.74, 6) is 0.781. The quantitative estimate of drug-likeness (QED) is 0.866. The molecule has 1 aliphatic rings. The first kappa shape index (κ1) is 14.6. The number of sulfonamides is 1. The van der Waals surface area contributed by atoms with Gasteiger partial charge in [0, 0.05) is 12.1 Å². The van der Waals surface area contributed by atoms with Crippen molar-refractivity contribution in [2.75, 3.05) is 6.54 Å². The first-order chi connectivity index (χ1) is 8.79. The maximum atomic E-state index is 12.4. The van der Waals surface area contributed by atoms with Crippen LogP contribution in [0.1, 0.15) is 43.3 Å². The number of hydrogen-bond acceptors (Lipinski definition) is 4. The third-order valence-electron chi connectivity index (χ3n) is 4.00. The molecule has 108 valence electrons. The fourth-order valence-corrected chi connectivity index (χ4v) is 4.18. The average molecular weight is 287 g/mol. The van der Waals surface area contributed by atoms with Crippen LogP contribution < -0.4 is 4.72 Å². The molecule has 2 rings (SSSR count). The van der Waals surface area contributed by atoms with E-state index < -0.39 is 10.0 Å². The molecule has 1 heterocycles. The number of hydrogen-bond donors (Lipinski definition) is 2. The third kappa shape index (κ3) is 2.70. The Morgan fingerprint density at radius 1 is 1.32 bits per heavy atom. The molecule has 0 bridgehead atoms. The molecule has 1 saturated carbocycles. The van der Waals surface area contributed by atoms with Crippen LogP contribution in [0.3, 0.4) is 0 Å². The summed E-state index contributed by atoms with van der Waals surface area (Å²) in [4.78, 5) is 0.0930. The van der Waals surface area contributed by atoms with Crippen LogP contribution in [0, 0.1) is 19.3 Å². The second-order valence-electron chi connectivity index (χ2n) is 5.67. The number of aliphatic hydroxyl groups excluding tert-OH is 1. The molecule has 5 nitrogen and oxygen atoms in total. The van der Waals surface area contributed by atoms with Gasteiger partial charge in [-0.05, 0) is 32.1 Å². The van der Waals surface area contributed by atoms with E-state index in [1.807, 2.05) is 0 Å². The second kappa shape index (κ2) is 4.92. The lowest BCUT2D eigenvalue weighted by Gasteiger charge is -2.38. The second-order valence-corrected chi connectivity index (χ2v) is 7.37. The van der Waals surface area contributed by atoms with Gasteiger partial charge in [-0.1, -0.05) is 13.3 Å². The molecule has 0 aliphatic heterocycles. The van der Waals surface area contributed by atoms with Crippen LogP contribution in [-0.4, -0.2) is 20.1 Å². The smallest absolute Gasteiger partial charge is 0.244 e. The van der Waals surface area contributed by atoms with E-state index in [4.69, 9.17) is 4.42 Å². The zero-order valence-electron chi connectivity index (χ0n) is 11.6. The Morgan fingerprint density at radius 2 is 1.95 bits per heavy atom. The van der Waals surface area contributed by atoms with Crippen molar-refractivity contribution in [2.24, 2.45) is 5.41 Å². The van der Waals surface area contributed by atoms with Crippen LogP contribution in [0.25, 0.3) is 0 Å². The highest BCUT2D eigenvalue weighted by molar-refractivity contribution is 7.89. The van der Waals surface area contributed by atoms with Crippen molar-refractivity contribution < 1.29 is 17.9 Å². The van der Waals surface area contributed by atoms with Gasteiger partial charge in [-0.25, -0.2) is 13.1 Å². The van der Waals surface area contributed by atoms with E-state index in [2.05, 4.69) is 11.6 Å². The van der Waals surface area contributed by atoms with E-state index in [1.54, 1.807) is 13.8 Å². The van der Waals surface area contributed by atoms with Crippen molar-refractivity contribution in [1.82, 2.24) is 4.72 Å². The van der Waals surface area contributed by atoms with E-state index in [1.165, 1.54) is 0 Å². The van der Waals surface area contributed by atoms with E-state index in [9.17, 15) is 13.5 Å². The van der Waals surface area contributed by atoms with E-state index in [0.29, 0.717) is 23.6 Å². The highest BCUT2D eigenvalue weighted by atomic mass is 32.2. The number of rotatable bonds is 5. The molecule has 0 atom stereocenters. The van der Waals surface area contributed by atoms with Gasteiger partial charge in [0.1, 0.15) is 16.4 Å². The van der Waals surface area contributed by atoms with Crippen molar-refractivity contribution >= 4 is 10.0 Å². The van der Waals surface area contributed by atoms with Crippen LogP contribution in [0.5, 0.6) is 0 Å². The Balaban J connectivity index is 2.24. The van der Waals surface area contributed by atoms with Gasteiger partial charge in [0.2, 0.25) is 10.0 Å². The molecule has 1 aliphatic carbocycles. The zero-order chi connectivity index (χ0) is 14.3. The lowest BCUT2D eigenvalue weighted by atomic mass is 9.71. The minimum atomic E-state index is -3.63. The maximum Gasteiger partial charge on any atom is 0.244 e. The largest absolute Gasteiger partial charge is 0.465 e. The highest BCUT2D eigenvalue weighted by Crippen LogP contribution is 2.40. The van der Waals surface area contributed by atoms with Gasteiger partial charge in [-0.3, -0.25) is 0 Å². The summed E-state index contributed by atoms with van der Waals surface area (Å²) in [6.07, 6.45) is 3.25. The number of nitrogens with one attached hydrogen (secondary N) is 1. The first-order valence-electron chi connectivity index (χ1n) is 6.48. The Hall–Kier alpha value is -0.850. The summed E-state index contributed by atoms with van der Waals surface area (Å²) >= 11 is 0. The standard InChI is InChI=1S/C13H21NO4S/c1-9-11(7-15)12(10(2)18-9)19(16,17)14-8-13(3)5-4-6-13/h14-15H,4-8H2,1-3H3. The van der Waals surface area contributed by atoms with Gasteiger partial charge in [0.25, 0.3) is 0 Å². The molecule has 0 amide bonds. The van der Waals surface area contributed by atoms with Gasteiger partial charge in [-0.2, -0.15) is 0 Å². The monoisotopic (exact) mass is 287 g/mol. The summed E-state index contributed by atoms with van der Waals surface area (Å²) < 4.78 is 32.7. The molecule has 0 radical (unpaired) electrons. The molecule has 0 aromatic carbocycles. The Bertz CT molecular complexity index is 570. The molecular weight excluding hydrogens is 266 g/mol. The molecule has 0 unspecified atom stereocenters. The first-order valence-corrected chi connectivity index (χ1v) is 7.97. The molecule has 2 N–H and O–H groups in total. The summed E-state index contributed by atoms with van der Waals surface area (Å²) in [6, 6.07) is 0. The van der Waals surface area contributed by atoms with Crippen LogP contribution >= 0.6 is 0 Å². The zero-order valence-corrected chi connectivity index (χ0v) is 12.4.